The van der Waals surface area contributed by atoms with Gasteiger partial charge in [0.1, 0.15) is 0 Å². The monoisotopic (exact) mass is 326 g/mol. The third kappa shape index (κ3) is 5.62. The zero-order valence-electron chi connectivity index (χ0n) is 13.0. The van der Waals surface area contributed by atoms with Gasteiger partial charge in [-0.3, -0.25) is 4.98 Å². The van der Waals surface area contributed by atoms with Crippen LogP contribution in [-0.4, -0.2) is 17.1 Å². The maximum atomic E-state index is 4.52. The van der Waals surface area contributed by atoms with Crippen molar-refractivity contribution in [2.45, 2.75) is 53.5 Å². The minimum absolute atomic E-state index is 0.156. The highest BCUT2D eigenvalue weighted by molar-refractivity contribution is 9.10. The van der Waals surface area contributed by atoms with Crippen LogP contribution in [0.3, 0.4) is 0 Å². The van der Waals surface area contributed by atoms with E-state index in [4.69, 9.17) is 0 Å². The zero-order chi connectivity index (χ0) is 14.7. The molecular weight excluding hydrogens is 300 g/mol. The van der Waals surface area contributed by atoms with Gasteiger partial charge >= 0.3 is 0 Å². The van der Waals surface area contributed by atoms with Crippen LogP contribution in [-0.2, 0) is 6.42 Å². The molecule has 1 rings (SSSR count). The number of halogens is 1. The highest BCUT2D eigenvalue weighted by Gasteiger charge is 2.30. The molecule has 108 valence electrons. The second-order valence-corrected chi connectivity index (χ2v) is 7.97. The molecule has 19 heavy (non-hydrogen) atoms. The van der Waals surface area contributed by atoms with Gasteiger partial charge in [0.05, 0.1) is 0 Å². The first kappa shape index (κ1) is 16.6. The third-order valence-electron chi connectivity index (χ3n) is 3.79. The lowest BCUT2D eigenvalue weighted by molar-refractivity contribution is 0.186. The molecule has 1 heterocycles. The van der Waals surface area contributed by atoms with Gasteiger partial charge in [0.15, 0.2) is 0 Å². The summed E-state index contributed by atoms with van der Waals surface area (Å²) in [5, 5.41) is 3.64. The van der Waals surface area contributed by atoms with Gasteiger partial charge in [-0.2, -0.15) is 0 Å². The summed E-state index contributed by atoms with van der Waals surface area (Å²) in [7, 11) is 0. The molecule has 2 nitrogen and oxygen atoms in total. The van der Waals surface area contributed by atoms with Gasteiger partial charge in [-0.25, -0.2) is 0 Å². The average molecular weight is 327 g/mol. The van der Waals surface area contributed by atoms with E-state index in [0.717, 1.165) is 23.1 Å². The molecule has 1 aromatic rings. The molecule has 0 amide bonds. The Balaban J connectivity index is 2.79. The molecule has 0 fully saturated rings. The number of rotatable bonds is 5. The Morgan fingerprint density at radius 3 is 2.26 bits per heavy atom. The number of pyridine rings is 1. The van der Waals surface area contributed by atoms with Crippen LogP contribution in [0.25, 0.3) is 0 Å². The highest BCUT2D eigenvalue weighted by atomic mass is 79.9. The molecule has 1 atom stereocenters. The first-order chi connectivity index (χ1) is 8.62. The summed E-state index contributed by atoms with van der Waals surface area (Å²) in [4.78, 5) is 4.52. The van der Waals surface area contributed by atoms with Crippen molar-refractivity contribution in [2.75, 3.05) is 6.54 Å². The van der Waals surface area contributed by atoms with E-state index in [1.54, 1.807) is 0 Å². The summed E-state index contributed by atoms with van der Waals surface area (Å²) in [6.07, 6.45) is 2.88. The van der Waals surface area contributed by atoms with Gasteiger partial charge in [0.2, 0.25) is 0 Å². The second kappa shape index (κ2) is 6.36. The molecule has 0 aromatic carbocycles. The largest absolute Gasteiger partial charge is 0.312 e. The van der Waals surface area contributed by atoms with Crippen molar-refractivity contribution in [3.63, 3.8) is 0 Å². The molecular formula is C16H27BrN2. The second-order valence-electron chi connectivity index (χ2n) is 7.06. The van der Waals surface area contributed by atoms with Crippen LogP contribution in [0.2, 0.25) is 0 Å². The highest BCUT2D eigenvalue weighted by Crippen LogP contribution is 2.31. The van der Waals surface area contributed by atoms with Crippen molar-refractivity contribution in [2.24, 2.45) is 11.3 Å². The van der Waals surface area contributed by atoms with E-state index < -0.39 is 0 Å². The minimum atomic E-state index is 0.156. The Bertz CT molecular complexity index is 392. The van der Waals surface area contributed by atoms with Crippen molar-refractivity contribution < 1.29 is 0 Å². The molecule has 0 aliphatic heterocycles. The maximum absolute atomic E-state index is 4.52. The Hall–Kier alpha value is -0.410. The summed E-state index contributed by atoms with van der Waals surface area (Å²) < 4.78 is 1.04. The van der Waals surface area contributed by atoms with Crippen LogP contribution < -0.4 is 5.32 Å². The molecule has 1 N–H and O–H groups in total. The van der Waals surface area contributed by atoms with Crippen molar-refractivity contribution in [3.8, 4) is 0 Å². The van der Waals surface area contributed by atoms with E-state index in [2.05, 4.69) is 79.9 Å². The molecule has 0 saturated carbocycles. The lowest BCUT2D eigenvalue weighted by Gasteiger charge is -2.37. The quantitative estimate of drug-likeness (QED) is 0.865. The normalized spacial score (nSPS) is 15.6. The molecule has 0 radical (unpaired) electrons. The van der Waals surface area contributed by atoms with E-state index in [1.165, 1.54) is 0 Å². The van der Waals surface area contributed by atoms with E-state index >= 15 is 0 Å². The van der Waals surface area contributed by atoms with Crippen LogP contribution in [0.15, 0.2) is 22.8 Å². The average Bonchev–Trinajstić information content (AvgIpc) is 2.29. The van der Waals surface area contributed by atoms with Crippen LogP contribution in [0.5, 0.6) is 0 Å². The van der Waals surface area contributed by atoms with Crippen LogP contribution in [0.4, 0.5) is 0 Å². The number of aromatic nitrogens is 1. The molecule has 0 bridgehead atoms. The van der Waals surface area contributed by atoms with Crippen molar-refractivity contribution >= 4 is 15.9 Å². The first-order valence-electron chi connectivity index (χ1n) is 6.98. The summed E-state index contributed by atoms with van der Waals surface area (Å²) in [6, 6.07) is 4.18. The fourth-order valence-corrected chi connectivity index (χ4v) is 2.10. The lowest BCUT2D eigenvalue weighted by atomic mass is 9.75. The predicted molar refractivity (Wildman–Crippen MR) is 86.3 cm³/mol. The van der Waals surface area contributed by atoms with E-state index in [0.29, 0.717) is 5.92 Å². The molecule has 0 saturated heterocycles. The Kier molecular flexibility index (Phi) is 5.57. The third-order valence-corrected chi connectivity index (χ3v) is 4.26. The van der Waals surface area contributed by atoms with Gasteiger partial charge in [-0.05, 0) is 66.6 Å². The van der Waals surface area contributed by atoms with Gasteiger partial charge in [0, 0.05) is 28.4 Å². The molecule has 0 aliphatic carbocycles. The van der Waals surface area contributed by atoms with Crippen LogP contribution in [0.1, 0.15) is 47.2 Å². The van der Waals surface area contributed by atoms with Gasteiger partial charge in [0.25, 0.3) is 0 Å². The van der Waals surface area contributed by atoms with Crippen molar-refractivity contribution in [1.82, 2.24) is 10.3 Å². The van der Waals surface area contributed by atoms with Crippen molar-refractivity contribution in [1.29, 1.82) is 0 Å². The van der Waals surface area contributed by atoms with Crippen molar-refractivity contribution in [3.05, 3.63) is 28.5 Å². The summed E-state index contributed by atoms with van der Waals surface area (Å²) in [6.45, 7) is 14.6. The number of nitrogens with zero attached hydrogens (tertiary/aromatic N) is 1. The zero-order valence-corrected chi connectivity index (χ0v) is 14.6. The maximum Gasteiger partial charge on any atom is 0.0413 e. The molecule has 1 unspecified atom stereocenters. The smallest absolute Gasteiger partial charge is 0.0413 e. The Labute approximate surface area is 126 Å². The summed E-state index contributed by atoms with van der Waals surface area (Å²) >= 11 is 3.44. The SMILES string of the molecule is CC(C)C(C)(CNC(C)(C)C)Cc1ccc(Br)cn1. The van der Waals surface area contributed by atoms with Gasteiger partial charge in [-0.15, -0.1) is 0 Å². The molecule has 0 aliphatic rings. The van der Waals surface area contributed by atoms with Crippen LogP contribution >= 0.6 is 15.9 Å². The number of hydrogen-bond acceptors (Lipinski definition) is 2. The first-order valence-corrected chi connectivity index (χ1v) is 7.77. The Morgan fingerprint density at radius 1 is 1.21 bits per heavy atom. The van der Waals surface area contributed by atoms with Gasteiger partial charge < -0.3 is 5.32 Å². The molecule has 3 heteroatoms. The standard InChI is InChI=1S/C16H27BrN2/c1-12(2)16(6,11-19-15(3,4)5)9-14-8-7-13(17)10-18-14/h7-8,10,12,19H,9,11H2,1-6H3. The number of nitrogens with one attached hydrogen (secondary N) is 1. The minimum Gasteiger partial charge on any atom is -0.312 e. The summed E-state index contributed by atoms with van der Waals surface area (Å²) in [5.41, 5.74) is 1.53. The number of hydrogen-bond donors (Lipinski definition) is 1. The molecule has 1 aromatic heterocycles. The fourth-order valence-electron chi connectivity index (χ4n) is 1.86. The lowest BCUT2D eigenvalue weighted by Crippen LogP contribution is -2.45. The summed E-state index contributed by atoms with van der Waals surface area (Å²) in [5.74, 6) is 0.604. The van der Waals surface area contributed by atoms with E-state index in [9.17, 15) is 0 Å². The Morgan fingerprint density at radius 2 is 1.84 bits per heavy atom. The predicted octanol–water partition coefficient (Wildman–Crippen LogP) is 4.44. The fraction of sp³-hybridized carbons (Fsp3) is 0.688. The topological polar surface area (TPSA) is 24.9 Å². The van der Waals surface area contributed by atoms with Crippen LogP contribution in [0, 0.1) is 11.3 Å². The molecule has 0 spiro atoms. The van der Waals surface area contributed by atoms with Gasteiger partial charge in [-0.1, -0.05) is 20.8 Å². The van der Waals surface area contributed by atoms with E-state index in [-0.39, 0.29) is 11.0 Å². The van der Waals surface area contributed by atoms with E-state index in [1.807, 2.05) is 6.20 Å².